The zero-order valence-corrected chi connectivity index (χ0v) is 21.3. The molecular weight excluding hydrogens is 468 g/mol. The Kier molecular flexibility index (Phi) is 4.45. The van der Waals surface area contributed by atoms with Crippen LogP contribution in [0.1, 0.15) is 55.8 Å². The first-order valence-electron chi connectivity index (χ1n) is 14.2. The number of imidazole rings is 1. The summed E-state index contributed by atoms with van der Waals surface area (Å²) < 4.78 is 0. The summed E-state index contributed by atoms with van der Waals surface area (Å²) in [5.74, 6) is 4.51. The van der Waals surface area contributed by atoms with Crippen LogP contribution < -0.4 is 5.32 Å². The van der Waals surface area contributed by atoms with Crippen molar-refractivity contribution in [2.24, 2.45) is 22.7 Å². The summed E-state index contributed by atoms with van der Waals surface area (Å²) in [6.45, 7) is 0. The van der Waals surface area contributed by atoms with Crippen molar-refractivity contribution < 1.29 is 0 Å². The van der Waals surface area contributed by atoms with E-state index in [4.69, 9.17) is 19.9 Å². The van der Waals surface area contributed by atoms with Gasteiger partial charge in [-0.2, -0.15) is 0 Å². The van der Waals surface area contributed by atoms with Gasteiger partial charge in [0, 0.05) is 36.3 Å². The van der Waals surface area contributed by atoms with E-state index >= 15 is 0 Å². The first-order valence-corrected chi connectivity index (χ1v) is 14.2. The van der Waals surface area contributed by atoms with E-state index in [-0.39, 0.29) is 0 Å². The Bertz CT molecular complexity index is 1630. The molecule has 0 amide bonds. The quantitative estimate of drug-likeness (QED) is 0.347. The van der Waals surface area contributed by atoms with Crippen molar-refractivity contribution in [2.45, 2.75) is 56.5 Å². The second kappa shape index (κ2) is 7.93. The van der Waals surface area contributed by atoms with Gasteiger partial charge in [-0.1, -0.05) is 30.3 Å². The maximum Gasteiger partial charge on any atom is 0.109 e. The Labute approximate surface area is 221 Å². The van der Waals surface area contributed by atoms with Crippen molar-refractivity contribution in [1.29, 1.82) is 0 Å². The molecule has 0 spiro atoms. The highest BCUT2D eigenvalue weighted by molar-refractivity contribution is 6.02. The number of allylic oxidation sites excluding steroid dienone is 1. The van der Waals surface area contributed by atoms with Gasteiger partial charge in [-0.05, 0) is 84.3 Å². The maximum absolute atomic E-state index is 4.90. The van der Waals surface area contributed by atoms with Crippen LogP contribution in [-0.4, -0.2) is 37.7 Å². The van der Waals surface area contributed by atoms with E-state index in [1.807, 2.05) is 12.4 Å². The number of aromatic nitrogens is 4. The average molecular weight is 499 g/mol. The number of benzene rings is 2. The molecule has 2 aliphatic heterocycles. The molecule has 4 fully saturated rings. The fourth-order valence-electron chi connectivity index (χ4n) is 7.22. The van der Waals surface area contributed by atoms with Crippen LogP contribution in [0.15, 0.2) is 66.1 Å². The molecule has 2 aromatic carbocycles. The van der Waals surface area contributed by atoms with E-state index < -0.39 is 0 Å². The van der Waals surface area contributed by atoms with Gasteiger partial charge >= 0.3 is 0 Å². The number of hydrogen-bond donors (Lipinski definition) is 2. The highest BCUT2D eigenvalue weighted by atomic mass is 15.1. The first-order chi connectivity index (χ1) is 18.7. The van der Waals surface area contributed by atoms with Gasteiger partial charge in [0.25, 0.3) is 0 Å². The molecule has 188 valence electrons. The van der Waals surface area contributed by atoms with Crippen LogP contribution in [0.4, 0.5) is 0 Å². The standard InChI is InChI=1S/C32H30N6/c1-3-18(24-13-28(33-14-24)29-12-22-11-26(22)37-29)4-2-17(1)19-5-6-25-27(10-19)34-15-30(36-25)31-16-35-32(38-31)23-8-20-7-21(20)9-23/h1-6,10,14-16,20-23,26,29,37H,7-9,11-13H2,(H,35,38)/t20-,21+,22-,23?,26-,29+/m1/s1. The van der Waals surface area contributed by atoms with Gasteiger partial charge in [0.1, 0.15) is 11.5 Å². The largest absolute Gasteiger partial charge is 0.340 e. The van der Waals surface area contributed by atoms with E-state index in [2.05, 4.69) is 59.0 Å². The topological polar surface area (TPSA) is 78.8 Å². The minimum atomic E-state index is 0.485. The number of nitrogens with zero attached hydrogens (tertiary/aromatic N) is 4. The normalized spacial score (nSPS) is 30.7. The second-order valence-electron chi connectivity index (χ2n) is 12.2. The zero-order valence-electron chi connectivity index (χ0n) is 21.3. The third-order valence-electron chi connectivity index (χ3n) is 9.67. The second-order valence-corrected chi connectivity index (χ2v) is 12.2. The number of rotatable bonds is 5. The van der Waals surface area contributed by atoms with Crippen LogP contribution in [0.25, 0.3) is 39.1 Å². The summed E-state index contributed by atoms with van der Waals surface area (Å²) in [7, 11) is 0. The van der Waals surface area contributed by atoms with E-state index in [0.717, 1.165) is 64.0 Å². The van der Waals surface area contributed by atoms with Crippen molar-refractivity contribution in [3.8, 4) is 22.5 Å². The van der Waals surface area contributed by atoms with Crippen molar-refractivity contribution in [2.75, 3.05) is 0 Å². The summed E-state index contributed by atoms with van der Waals surface area (Å²) in [5, 5.41) is 3.73. The molecule has 2 N–H and O–H groups in total. The molecule has 6 atom stereocenters. The van der Waals surface area contributed by atoms with Gasteiger partial charge in [0.15, 0.2) is 0 Å². The van der Waals surface area contributed by atoms with Crippen LogP contribution in [0, 0.1) is 17.8 Å². The summed E-state index contributed by atoms with van der Waals surface area (Å²) in [4.78, 5) is 22.7. The van der Waals surface area contributed by atoms with E-state index in [0.29, 0.717) is 12.0 Å². The Morgan fingerprint density at radius 3 is 2.42 bits per heavy atom. The summed E-state index contributed by atoms with van der Waals surface area (Å²) >= 11 is 0. The lowest BCUT2D eigenvalue weighted by Gasteiger charge is -2.14. The third kappa shape index (κ3) is 3.57. The Morgan fingerprint density at radius 1 is 0.737 bits per heavy atom. The predicted molar refractivity (Wildman–Crippen MR) is 150 cm³/mol. The summed E-state index contributed by atoms with van der Waals surface area (Å²) in [6, 6.07) is 16.5. The molecular formula is C32H30N6. The lowest BCUT2D eigenvalue weighted by Crippen LogP contribution is -2.33. The van der Waals surface area contributed by atoms with Crippen molar-refractivity contribution in [3.63, 3.8) is 0 Å². The fourth-order valence-corrected chi connectivity index (χ4v) is 7.22. The SMILES string of the molecule is C1=C(c2ccc(-c3ccc4nc(-c5cnc(C6C[C@@H]7C[C@@H]7C6)[nH]5)cnc4c3)cc2)CC([C@@H]2C[C@H]3C[C@H]3N2)=N1. The van der Waals surface area contributed by atoms with E-state index in [9.17, 15) is 0 Å². The molecule has 38 heavy (non-hydrogen) atoms. The fraction of sp³-hybridized carbons (Fsp3) is 0.375. The smallest absolute Gasteiger partial charge is 0.109 e. The minimum Gasteiger partial charge on any atom is -0.340 e. The van der Waals surface area contributed by atoms with Gasteiger partial charge in [-0.15, -0.1) is 0 Å². The van der Waals surface area contributed by atoms with Crippen LogP contribution in [0.2, 0.25) is 0 Å². The Balaban J connectivity index is 0.911. The molecule has 3 aliphatic carbocycles. The number of H-pyrrole nitrogens is 1. The van der Waals surface area contributed by atoms with Gasteiger partial charge in [0.2, 0.25) is 0 Å². The highest BCUT2D eigenvalue weighted by Crippen LogP contribution is 2.57. The number of aliphatic imine (C=N–C) groups is 1. The lowest BCUT2D eigenvalue weighted by molar-refractivity contribution is 0.596. The molecule has 3 saturated carbocycles. The zero-order chi connectivity index (χ0) is 24.8. The van der Waals surface area contributed by atoms with E-state index in [1.165, 1.54) is 54.5 Å². The maximum atomic E-state index is 4.90. The molecule has 2 aromatic heterocycles. The molecule has 0 bridgehead atoms. The minimum absolute atomic E-state index is 0.485. The van der Waals surface area contributed by atoms with Crippen LogP contribution >= 0.6 is 0 Å². The molecule has 0 radical (unpaired) electrons. The molecule has 1 saturated heterocycles. The molecule has 6 heteroatoms. The Hall–Kier alpha value is -3.64. The molecule has 5 aliphatic rings. The number of hydrogen-bond acceptors (Lipinski definition) is 5. The molecule has 1 unspecified atom stereocenters. The molecule has 6 nitrogen and oxygen atoms in total. The Morgan fingerprint density at radius 2 is 1.58 bits per heavy atom. The highest BCUT2D eigenvalue weighted by Gasteiger charge is 2.47. The van der Waals surface area contributed by atoms with Crippen LogP contribution in [0.3, 0.4) is 0 Å². The van der Waals surface area contributed by atoms with Crippen molar-refractivity contribution >= 4 is 22.3 Å². The first kappa shape index (κ1) is 21.3. The number of piperidine rings is 1. The van der Waals surface area contributed by atoms with Gasteiger partial charge in [-0.3, -0.25) is 9.98 Å². The molecule has 9 rings (SSSR count). The molecule has 4 aromatic rings. The lowest BCUT2D eigenvalue weighted by atomic mass is 9.96. The summed E-state index contributed by atoms with van der Waals surface area (Å²) in [6.07, 6.45) is 13.4. The number of aromatic amines is 1. The van der Waals surface area contributed by atoms with Gasteiger partial charge in [0.05, 0.1) is 29.1 Å². The van der Waals surface area contributed by atoms with Crippen LogP contribution in [0.5, 0.6) is 0 Å². The van der Waals surface area contributed by atoms with Gasteiger partial charge < -0.3 is 10.3 Å². The van der Waals surface area contributed by atoms with Crippen molar-refractivity contribution in [1.82, 2.24) is 25.3 Å². The van der Waals surface area contributed by atoms with Crippen molar-refractivity contribution in [3.05, 3.63) is 72.4 Å². The average Bonchev–Trinajstić information content (AvgIpc) is 3.52. The predicted octanol–water partition coefficient (Wildman–Crippen LogP) is 6.14. The van der Waals surface area contributed by atoms with Gasteiger partial charge in [-0.25, -0.2) is 9.97 Å². The summed E-state index contributed by atoms with van der Waals surface area (Å²) in [5.41, 5.74) is 9.85. The van der Waals surface area contributed by atoms with E-state index in [1.54, 1.807) is 0 Å². The van der Waals surface area contributed by atoms with Crippen LogP contribution in [-0.2, 0) is 0 Å². The molecule has 4 heterocycles. The number of nitrogens with one attached hydrogen (secondary N) is 2. The monoisotopic (exact) mass is 498 g/mol. The number of fused-ring (bicyclic) bond motifs is 3. The third-order valence-corrected chi connectivity index (χ3v) is 9.67.